The Labute approximate surface area is 101 Å². The van der Waals surface area contributed by atoms with Gasteiger partial charge in [0.25, 0.3) is 0 Å². The van der Waals surface area contributed by atoms with E-state index in [2.05, 4.69) is 15.7 Å². The molecule has 1 aromatic rings. The van der Waals surface area contributed by atoms with Gasteiger partial charge in [0.15, 0.2) is 0 Å². The zero-order valence-corrected chi connectivity index (χ0v) is 10.3. The molecule has 0 aliphatic heterocycles. The Kier molecular flexibility index (Phi) is 5.48. The predicted octanol–water partition coefficient (Wildman–Crippen LogP) is 0.380. The van der Waals surface area contributed by atoms with E-state index in [0.717, 1.165) is 12.0 Å². The molecule has 0 aromatic carbocycles. The minimum absolute atomic E-state index is 0.274. The van der Waals surface area contributed by atoms with Crippen LogP contribution in [0.4, 0.5) is 4.79 Å². The molecule has 96 valence electrons. The van der Waals surface area contributed by atoms with E-state index >= 15 is 0 Å². The Morgan fingerprint density at radius 3 is 2.94 bits per heavy atom. The zero-order valence-electron chi connectivity index (χ0n) is 10.3. The van der Waals surface area contributed by atoms with Crippen molar-refractivity contribution < 1.29 is 9.90 Å². The quantitative estimate of drug-likeness (QED) is 0.672. The van der Waals surface area contributed by atoms with Crippen LogP contribution >= 0.6 is 0 Å². The molecule has 0 saturated carbocycles. The number of nitrogens with one attached hydrogen (secondary N) is 2. The molecular formula is C11H20N4O2. The van der Waals surface area contributed by atoms with Gasteiger partial charge in [-0.3, -0.25) is 4.68 Å². The first-order valence-corrected chi connectivity index (χ1v) is 5.79. The van der Waals surface area contributed by atoms with Crippen LogP contribution in [0.2, 0.25) is 0 Å². The number of aromatic nitrogens is 2. The lowest BCUT2D eigenvalue weighted by molar-refractivity contribution is 0.160. The van der Waals surface area contributed by atoms with E-state index in [-0.39, 0.29) is 12.6 Å². The summed E-state index contributed by atoms with van der Waals surface area (Å²) in [6, 6.07) is -0.274. The number of rotatable bonds is 6. The second-order valence-corrected chi connectivity index (χ2v) is 4.03. The Bertz CT molecular complexity index is 351. The van der Waals surface area contributed by atoms with Crippen LogP contribution in [-0.4, -0.2) is 33.6 Å². The van der Waals surface area contributed by atoms with Crippen LogP contribution in [0.25, 0.3) is 0 Å². The number of hydrogen-bond donors (Lipinski definition) is 3. The molecule has 1 heterocycles. The first-order chi connectivity index (χ1) is 8.11. The third-order valence-corrected chi connectivity index (χ3v) is 2.33. The minimum Gasteiger partial charge on any atom is -0.391 e. The Balaban J connectivity index is 2.17. The van der Waals surface area contributed by atoms with Crippen LogP contribution in [0.3, 0.4) is 0 Å². The van der Waals surface area contributed by atoms with Gasteiger partial charge in [0.05, 0.1) is 12.3 Å². The lowest BCUT2D eigenvalue weighted by Gasteiger charge is -2.11. The average Bonchev–Trinajstić information content (AvgIpc) is 2.70. The summed E-state index contributed by atoms with van der Waals surface area (Å²) in [6.07, 6.45) is 4.67. The third-order valence-electron chi connectivity index (χ3n) is 2.33. The van der Waals surface area contributed by atoms with Crippen molar-refractivity contribution >= 4 is 6.03 Å². The zero-order chi connectivity index (χ0) is 12.7. The number of aliphatic hydroxyl groups is 1. The smallest absolute Gasteiger partial charge is 0.315 e. The first-order valence-electron chi connectivity index (χ1n) is 5.79. The molecule has 6 nitrogen and oxygen atoms in total. The van der Waals surface area contributed by atoms with Crippen molar-refractivity contribution in [1.29, 1.82) is 0 Å². The topological polar surface area (TPSA) is 79.2 Å². The summed E-state index contributed by atoms with van der Waals surface area (Å²) in [6.45, 7) is 2.71. The van der Waals surface area contributed by atoms with Crippen LogP contribution in [0.1, 0.15) is 25.3 Å². The highest BCUT2D eigenvalue weighted by molar-refractivity contribution is 5.73. The van der Waals surface area contributed by atoms with Crippen LogP contribution in [0.15, 0.2) is 12.4 Å². The molecular weight excluding hydrogens is 220 g/mol. The number of aryl methyl sites for hydroxylation is 1. The summed E-state index contributed by atoms with van der Waals surface area (Å²) in [5, 5.41) is 18.7. The van der Waals surface area contributed by atoms with Gasteiger partial charge in [-0.2, -0.15) is 5.10 Å². The number of amides is 2. The molecule has 0 radical (unpaired) electrons. The van der Waals surface area contributed by atoms with E-state index in [9.17, 15) is 9.90 Å². The first kappa shape index (κ1) is 13.5. The molecule has 2 amide bonds. The molecule has 3 N–H and O–H groups in total. The van der Waals surface area contributed by atoms with Crippen molar-refractivity contribution in [3.63, 3.8) is 0 Å². The van der Waals surface area contributed by atoms with Gasteiger partial charge in [0.2, 0.25) is 0 Å². The van der Waals surface area contributed by atoms with Gasteiger partial charge >= 0.3 is 6.03 Å². The number of carbonyl (C=O) groups is 1. The van der Waals surface area contributed by atoms with E-state index in [1.807, 2.05) is 20.2 Å². The molecule has 0 spiro atoms. The number of aliphatic hydroxyl groups excluding tert-OH is 1. The predicted molar refractivity (Wildman–Crippen MR) is 64.4 cm³/mol. The fourth-order valence-corrected chi connectivity index (χ4v) is 1.45. The summed E-state index contributed by atoms with van der Waals surface area (Å²) < 4.78 is 1.68. The lowest BCUT2D eigenvalue weighted by atomic mass is 10.2. The highest BCUT2D eigenvalue weighted by Gasteiger charge is 2.05. The van der Waals surface area contributed by atoms with E-state index < -0.39 is 6.10 Å². The second kappa shape index (κ2) is 6.90. The third kappa shape index (κ3) is 5.35. The molecule has 1 rings (SSSR count). The summed E-state index contributed by atoms with van der Waals surface area (Å²) in [4.78, 5) is 11.4. The number of nitrogens with zero attached hydrogens (tertiary/aromatic N) is 2. The van der Waals surface area contributed by atoms with Gasteiger partial charge in [0.1, 0.15) is 0 Å². The van der Waals surface area contributed by atoms with Crippen LogP contribution < -0.4 is 10.6 Å². The number of carbonyl (C=O) groups excluding carboxylic acids is 1. The Hall–Kier alpha value is -1.56. The second-order valence-electron chi connectivity index (χ2n) is 4.03. The van der Waals surface area contributed by atoms with Crippen LogP contribution in [0.5, 0.6) is 0 Å². The molecule has 0 fully saturated rings. The van der Waals surface area contributed by atoms with Gasteiger partial charge in [0, 0.05) is 31.9 Å². The standard InChI is InChI=1S/C11H20N4O2/c1-3-4-10(16)7-13-11(17)12-5-9-6-14-15(2)8-9/h6,8,10,16H,3-5,7H2,1-2H3,(H2,12,13,17). The number of urea groups is 1. The monoisotopic (exact) mass is 240 g/mol. The molecule has 0 aliphatic carbocycles. The van der Waals surface area contributed by atoms with Gasteiger partial charge < -0.3 is 15.7 Å². The Morgan fingerprint density at radius 1 is 1.59 bits per heavy atom. The van der Waals surface area contributed by atoms with E-state index in [4.69, 9.17) is 0 Å². The maximum Gasteiger partial charge on any atom is 0.315 e. The van der Waals surface area contributed by atoms with E-state index in [1.54, 1.807) is 10.9 Å². The largest absolute Gasteiger partial charge is 0.391 e. The summed E-state index contributed by atoms with van der Waals surface area (Å²) in [7, 11) is 1.82. The molecule has 1 unspecified atom stereocenters. The van der Waals surface area contributed by atoms with E-state index in [0.29, 0.717) is 13.0 Å². The van der Waals surface area contributed by atoms with Crippen molar-refractivity contribution in [3.05, 3.63) is 18.0 Å². The highest BCUT2D eigenvalue weighted by atomic mass is 16.3. The van der Waals surface area contributed by atoms with E-state index in [1.165, 1.54) is 0 Å². The summed E-state index contributed by atoms with van der Waals surface area (Å²) >= 11 is 0. The minimum atomic E-state index is -0.468. The van der Waals surface area contributed by atoms with Gasteiger partial charge in [-0.1, -0.05) is 13.3 Å². The van der Waals surface area contributed by atoms with Gasteiger partial charge in [-0.15, -0.1) is 0 Å². The van der Waals surface area contributed by atoms with Crippen LogP contribution in [0, 0.1) is 0 Å². The lowest BCUT2D eigenvalue weighted by Crippen LogP contribution is -2.39. The molecule has 0 aliphatic rings. The maximum absolute atomic E-state index is 11.4. The van der Waals surface area contributed by atoms with Crippen molar-refractivity contribution in [2.24, 2.45) is 7.05 Å². The van der Waals surface area contributed by atoms with Gasteiger partial charge in [-0.05, 0) is 6.42 Å². The number of hydrogen-bond acceptors (Lipinski definition) is 3. The molecule has 0 saturated heterocycles. The molecule has 1 atom stereocenters. The van der Waals surface area contributed by atoms with Crippen molar-refractivity contribution in [1.82, 2.24) is 20.4 Å². The fourth-order valence-electron chi connectivity index (χ4n) is 1.45. The highest BCUT2D eigenvalue weighted by Crippen LogP contribution is 1.95. The van der Waals surface area contributed by atoms with Gasteiger partial charge in [-0.25, -0.2) is 4.79 Å². The fraction of sp³-hybridized carbons (Fsp3) is 0.636. The molecule has 6 heteroatoms. The normalized spacial score (nSPS) is 12.2. The maximum atomic E-state index is 11.4. The SMILES string of the molecule is CCCC(O)CNC(=O)NCc1cnn(C)c1. The van der Waals surface area contributed by atoms with Crippen molar-refractivity contribution in [2.45, 2.75) is 32.4 Å². The van der Waals surface area contributed by atoms with Crippen LogP contribution in [-0.2, 0) is 13.6 Å². The van der Waals surface area contributed by atoms with Crippen molar-refractivity contribution in [3.8, 4) is 0 Å². The molecule has 17 heavy (non-hydrogen) atoms. The molecule has 0 bridgehead atoms. The van der Waals surface area contributed by atoms with Crippen molar-refractivity contribution in [2.75, 3.05) is 6.54 Å². The molecule has 1 aromatic heterocycles. The Morgan fingerprint density at radius 2 is 2.35 bits per heavy atom. The average molecular weight is 240 g/mol. The summed E-state index contributed by atoms with van der Waals surface area (Å²) in [5.41, 5.74) is 0.941. The summed E-state index contributed by atoms with van der Waals surface area (Å²) in [5.74, 6) is 0.